The normalized spacial score (nSPS) is 17.4. The number of halogens is 1. The van der Waals surface area contributed by atoms with E-state index in [0.717, 1.165) is 49.2 Å². The van der Waals surface area contributed by atoms with Crippen LogP contribution in [-0.2, 0) is 11.3 Å². The highest BCUT2D eigenvalue weighted by atomic mass is 127. The second-order valence-electron chi connectivity index (χ2n) is 6.07. The van der Waals surface area contributed by atoms with E-state index in [1.807, 2.05) is 31.4 Å². The number of H-pyrrole nitrogens is 1. The van der Waals surface area contributed by atoms with Gasteiger partial charge in [0.15, 0.2) is 5.96 Å². The molecule has 0 radical (unpaired) electrons. The van der Waals surface area contributed by atoms with Crippen molar-refractivity contribution in [1.29, 1.82) is 0 Å². The number of aromatic amines is 1. The van der Waals surface area contributed by atoms with E-state index in [1.165, 1.54) is 0 Å². The smallest absolute Gasteiger partial charge is 0.194 e. The Hall–Kier alpha value is -1.61. The van der Waals surface area contributed by atoms with Gasteiger partial charge in [-0.05, 0) is 12.0 Å². The molecule has 1 saturated heterocycles. The first-order valence-electron chi connectivity index (χ1n) is 8.34. The van der Waals surface area contributed by atoms with E-state index in [0.29, 0.717) is 12.5 Å². The van der Waals surface area contributed by atoms with Crippen molar-refractivity contribution in [2.75, 3.05) is 33.9 Å². The Kier molecular flexibility index (Phi) is 7.70. The van der Waals surface area contributed by atoms with Crippen molar-refractivity contribution in [3.63, 3.8) is 0 Å². The second kappa shape index (κ2) is 9.76. The summed E-state index contributed by atoms with van der Waals surface area (Å²) >= 11 is 0. The Balaban J connectivity index is 0.00000225. The number of aromatic nitrogens is 2. The summed E-state index contributed by atoms with van der Waals surface area (Å²) in [6.07, 6.45) is 3.02. The lowest BCUT2D eigenvalue weighted by Crippen LogP contribution is -2.40. The van der Waals surface area contributed by atoms with E-state index in [1.54, 1.807) is 7.11 Å². The molecule has 6 nitrogen and oxygen atoms in total. The zero-order valence-corrected chi connectivity index (χ0v) is 17.1. The predicted octanol–water partition coefficient (Wildman–Crippen LogP) is 2.74. The molecule has 0 amide bonds. The van der Waals surface area contributed by atoms with Gasteiger partial charge in [0.05, 0.1) is 25.0 Å². The minimum absolute atomic E-state index is 0. The minimum Gasteiger partial charge on any atom is -0.384 e. The molecule has 136 valence electrons. The van der Waals surface area contributed by atoms with Crippen LogP contribution in [0.2, 0.25) is 0 Å². The number of rotatable bonds is 5. The number of guanidine groups is 1. The summed E-state index contributed by atoms with van der Waals surface area (Å²) in [6.45, 7) is 3.44. The van der Waals surface area contributed by atoms with Crippen LogP contribution < -0.4 is 5.32 Å². The SMILES string of the molecule is CN=C(NCc1ncc(-c2ccccc2)[nH]1)N1CCC(COC)C1.I. The monoisotopic (exact) mass is 455 g/mol. The summed E-state index contributed by atoms with van der Waals surface area (Å²) < 4.78 is 5.26. The van der Waals surface area contributed by atoms with Crippen molar-refractivity contribution >= 4 is 29.9 Å². The Morgan fingerprint density at radius 1 is 1.40 bits per heavy atom. The van der Waals surface area contributed by atoms with Gasteiger partial charge in [-0.2, -0.15) is 0 Å². The molecule has 1 aromatic carbocycles. The number of hydrogen-bond donors (Lipinski definition) is 2. The summed E-state index contributed by atoms with van der Waals surface area (Å²) in [4.78, 5) is 14.5. The lowest BCUT2D eigenvalue weighted by atomic mass is 10.1. The molecule has 2 aromatic rings. The molecule has 7 heteroatoms. The maximum absolute atomic E-state index is 5.26. The van der Waals surface area contributed by atoms with Crippen LogP contribution in [0.4, 0.5) is 0 Å². The largest absolute Gasteiger partial charge is 0.384 e. The number of nitrogens with one attached hydrogen (secondary N) is 2. The van der Waals surface area contributed by atoms with E-state index in [4.69, 9.17) is 4.74 Å². The van der Waals surface area contributed by atoms with Crippen LogP contribution in [0.25, 0.3) is 11.3 Å². The average molecular weight is 455 g/mol. The van der Waals surface area contributed by atoms with Crippen molar-refractivity contribution in [3.05, 3.63) is 42.4 Å². The standard InChI is InChI=1S/C18H25N5O.HI/c1-19-18(23-9-8-14(12-23)13-24-2)21-11-17-20-10-16(22-17)15-6-4-3-5-7-15;/h3-7,10,14H,8-9,11-13H2,1-2H3,(H,19,21)(H,20,22);1H. The molecule has 1 aliphatic rings. The van der Waals surface area contributed by atoms with Crippen LogP contribution in [0.5, 0.6) is 0 Å². The molecule has 0 bridgehead atoms. The molecule has 25 heavy (non-hydrogen) atoms. The summed E-state index contributed by atoms with van der Waals surface area (Å²) in [7, 11) is 3.58. The molecule has 0 saturated carbocycles. The zero-order valence-electron chi connectivity index (χ0n) is 14.7. The molecule has 3 rings (SSSR count). The first-order valence-corrected chi connectivity index (χ1v) is 8.34. The van der Waals surface area contributed by atoms with Crippen LogP contribution in [0.1, 0.15) is 12.2 Å². The topological polar surface area (TPSA) is 65.5 Å². The van der Waals surface area contributed by atoms with E-state index in [-0.39, 0.29) is 24.0 Å². The summed E-state index contributed by atoms with van der Waals surface area (Å²) in [6, 6.07) is 10.2. The van der Waals surface area contributed by atoms with Crippen molar-refractivity contribution in [2.24, 2.45) is 10.9 Å². The fraction of sp³-hybridized carbons (Fsp3) is 0.444. The van der Waals surface area contributed by atoms with Crippen molar-refractivity contribution < 1.29 is 4.74 Å². The fourth-order valence-corrected chi connectivity index (χ4v) is 3.11. The van der Waals surface area contributed by atoms with Gasteiger partial charge in [-0.15, -0.1) is 24.0 Å². The maximum atomic E-state index is 5.26. The van der Waals surface area contributed by atoms with Crippen LogP contribution in [0, 0.1) is 5.92 Å². The average Bonchev–Trinajstić information content (AvgIpc) is 3.27. The molecule has 2 heterocycles. The molecule has 1 aromatic heterocycles. The maximum Gasteiger partial charge on any atom is 0.194 e. The van der Waals surface area contributed by atoms with Gasteiger partial charge in [0.2, 0.25) is 0 Å². The van der Waals surface area contributed by atoms with Gasteiger partial charge in [0, 0.05) is 33.2 Å². The highest BCUT2D eigenvalue weighted by Gasteiger charge is 2.24. The van der Waals surface area contributed by atoms with Crippen LogP contribution in [0.3, 0.4) is 0 Å². The van der Waals surface area contributed by atoms with Crippen molar-refractivity contribution in [1.82, 2.24) is 20.2 Å². The van der Waals surface area contributed by atoms with Gasteiger partial charge < -0.3 is 19.9 Å². The third kappa shape index (κ3) is 5.18. The van der Waals surface area contributed by atoms with Crippen LogP contribution in [0.15, 0.2) is 41.5 Å². The Morgan fingerprint density at radius 2 is 2.20 bits per heavy atom. The number of imidazole rings is 1. The first kappa shape index (κ1) is 19.7. The molecule has 0 aliphatic carbocycles. The summed E-state index contributed by atoms with van der Waals surface area (Å²) in [5.74, 6) is 2.41. The molecule has 1 fully saturated rings. The molecule has 2 N–H and O–H groups in total. The van der Waals surface area contributed by atoms with Crippen molar-refractivity contribution in [2.45, 2.75) is 13.0 Å². The van der Waals surface area contributed by atoms with Gasteiger partial charge in [-0.3, -0.25) is 4.99 Å². The van der Waals surface area contributed by atoms with Gasteiger partial charge in [-0.25, -0.2) is 4.98 Å². The molecule has 1 unspecified atom stereocenters. The lowest BCUT2D eigenvalue weighted by Gasteiger charge is -2.21. The lowest BCUT2D eigenvalue weighted by molar-refractivity contribution is 0.157. The number of hydrogen-bond acceptors (Lipinski definition) is 3. The van der Waals surface area contributed by atoms with Gasteiger partial charge in [-0.1, -0.05) is 30.3 Å². The zero-order chi connectivity index (χ0) is 16.8. The van der Waals surface area contributed by atoms with Crippen LogP contribution >= 0.6 is 24.0 Å². The Labute approximate surface area is 166 Å². The van der Waals surface area contributed by atoms with E-state index >= 15 is 0 Å². The fourth-order valence-electron chi connectivity index (χ4n) is 3.11. The van der Waals surface area contributed by atoms with E-state index in [2.05, 4.69) is 37.3 Å². The van der Waals surface area contributed by atoms with Gasteiger partial charge >= 0.3 is 0 Å². The third-order valence-corrected chi connectivity index (χ3v) is 4.33. The number of benzene rings is 1. The molecular formula is C18H26IN5O. The number of likely N-dealkylation sites (tertiary alicyclic amines) is 1. The number of nitrogens with zero attached hydrogens (tertiary/aromatic N) is 3. The van der Waals surface area contributed by atoms with E-state index < -0.39 is 0 Å². The number of aliphatic imine (C=N–C) groups is 1. The van der Waals surface area contributed by atoms with Gasteiger partial charge in [0.1, 0.15) is 5.82 Å². The first-order chi connectivity index (χ1) is 11.8. The highest BCUT2D eigenvalue weighted by Crippen LogP contribution is 2.17. The second-order valence-corrected chi connectivity index (χ2v) is 6.07. The van der Waals surface area contributed by atoms with Crippen molar-refractivity contribution in [3.8, 4) is 11.3 Å². The summed E-state index contributed by atoms with van der Waals surface area (Å²) in [5.41, 5.74) is 2.17. The van der Waals surface area contributed by atoms with Crippen LogP contribution in [-0.4, -0.2) is 54.7 Å². The minimum atomic E-state index is 0. The quantitative estimate of drug-likeness (QED) is 0.414. The third-order valence-electron chi connectivity index (χ3n) is 4.33. The molecule has 0 spiro atoms. The Bertz CT molecular complexity index is 673. The molecule has 1 atom stereocenters. The predicted molar refractivity (Wildman–Crippen MR) is 111 cm³/mol. The molecule has 1 aliphatic heterocycles. The Morgan fingerprint density at radius 3 is 2.92 bits per heavy atom. The molecular weight excluding hydrogens is 429 g/mol. The highest BCUT2D eigenvalue weighted by molar-refractivity contribution is 14.0. The summed E-state index contributed by atoms with van der Waals surface area (Å²) in [5, 5.41) is 3.40. The number of ether oxygens (including phenoxy) is 1. The van der Waals surface area contributed by atoms with E-state index in [9.17, 15) is 0 Å². The van der Waals surface area contributed by atoms with Gasteiger partial charge in [0.25, 0.3) is 0 Å². The number of methoxy groups -OCH3 is 1.